The van der Waals surface area contributed by atoms with Gasteiger partial charge in [-0.2, -0.15) is 5.10 Å². The molecule has 0 saturated carbocycles. The summed E-state index contributed by atoms with van der Waals surface area (Å²) in [6.45, 7) is 0. The van der Waals surface area contributed by atoms with Crippen LogP contribution < -0.4 is 10.2 Å². The quantitative estimate of drug-likeness (QED) is 0.216. The predicted molar refractivity (Wildman–Crippen MR) is 116 cm³/mol. The Kier molecular flexibility index (Phi) is 5.54. The van der Waals surface area contributed by atoms with E-state index in [2.05, 4.69) is 10.5 Å². The monoisotopic (exact) mass is 416 g/mol. The van der Waals surface area contributed by atoms with Crippen molar-refractivity contribution < 1.29 is 19.4 Å². The van der Waals surface area contributed by atoms with Crippen molar-refractivity contribution in [3.05, 3.63) is 94.2 Å². The van der Waals surface area contributed by atoms with Crippen LogP contribution in [0.2, 0.25) is 0 Å². The molecule has 6 nitrogen and oxygen atoms in total. The Hall–Kier alpha value is -3.97. The van der Waals surface area contributed by atoms with Crippen molar-refractivity contribution in [2.45, 2.75) is 0 Å². The minimum absolute atomic E-state index is 0.113. The lowest BCUT2D eigenvalue weighted by Crippen LogP contribution is -2.17. The Bertz CT molecular complexity index is 1230. The Morgan fingerprint density at radius 3 is 2.40 bits per heavy atom. The maximum absolute atomic E-state index is 12.3. The van der Waals surface area contributed by atoms with E-state index in [9.17, 15) is 14.7 Å². The highest BCUT2D eigenvalue weighted by Crippen LogP contribution is 2.24. The lowest BCUT2D eigenvalue weighted by Gasteiger charge is -2.06. The summed E-state index contributed by atoms with van der Waals surface area (Å²) in [4.78, 5) is 24.8. The maximum atomic E-state index is 12.3. The van der Waals surface area contributed by atoms with Gasteiger partial charge in [-0.1, -0.05) is 30.3 Å². The van der Waals surface area contributed by atoms with Gasteiger partial charge in [0.15, 0.2) is 0 Å². The predicted octanol–water partition coefficient (Wildman–Crippen LogP) is 4.59. The van der Waals surface area contributed by atoms with Crippen LogP contribution in [-0.4, -0.2) is 23.2 Å². The third-order valence-electron chi connectivity index (χ3n) is 4.30. The second kappa shape index (κ2) is 8.59. The Balaban J connectivity index is 1.39. The molecule has 1 heterocycles. The standard InChI is InChI=1S/C23H16N2O4S/c26-20-13-17-5-2-1-4-16(17)12-19(20)22(27)25-24-14-15-7-9-18(10-8-15)29-23(28)21-6-3-11-30-21/h1-14,26H,(H,25,27)/b24-14+. The topological polar surface area (TPSA) is 88.0 Å². The molecule has 4 aromatic rings. The van der Waals surface area contributed by atoms with E-state index in [-0.39, 0.29) is 11.3 Å². The van der Waals surface area contributed by atoms with E-state index in [1.165, 1.54) is 17.6 Å². The molecule has 0 fully saturated rings. The summed E-state index contributed by atoms with van der Waals surface area (Å²) in [6.07, 6.45) is 1.46. The smallest absolute Gasteiger partial charge is 0.353 e. The number of phenolic OH excluding ortho intramolecular Hbond substituents is 1. The number of hydrogen-bond donors (Lipinski definition) is 2. The molecule has 0 radical (unpaired) electrons. The van der Waals surface area contributed by atoms with Gasteiger partial charge in [-0.25, -0.2) is 10.2 Å². The molecule has 30 heavy (non-hydrogen) atoms. The number of thiophene rings is 1. The summed E-state index contributed by atoms with van der Waals surface area (Å²) in [7, 11) is 0. The third-order valence-corrected chi connectivity index (χ3v) is 5.15. The molecule has 2 N–H and O–H groups in total. The van der Waals surface area contributed by atoms with Gasteiger partial charge in [0.25, 0.3) is 5.91 Å². The van der Waals surface area contributed by atoms with Gasteiger partial charge in [-0.15, -0.1) is 11.3 Å². The number of aromatic hydroxyl groups is 1. The highest BCUT2D eigenvalue weighted by Gasteiger charge is 2.12. The van der Waals surface area contributed by atoms with E-state index >= 15 is 0 Å². The average Bonchev–Trinajstić information content (AvgIpc) is 3.29. The van der Waals surface area contributed by atoms with Crippen molar-refractivity contribution in [3.8, 4) is 11.5 Å². The summed E-state index contributed by atoms with van der Waals surface area (Å²) >= 11 is 1.31. The number of nitrogens with one attached hydrogen (secondary N) is 1. The van der Waals surface area contributed by atoms with Crippen LogP contribution in [0.15, 0.2) is 83.3 Å². The lowest BCUT2D eigenvalue weighted by atomic mass is 10.1. The van der Waals surface area contributed by atoms with Crippen LogP contribution in [0.25, 0.3) is 10.8 Å². The lowest BCUT2D eigenvalue weighted by molar-refractivity contribution is 0.0739. The van der Waals surface area contributed by atoms with Crippen LogP contribution in [0.4, 0.5) is 0 Å². The SMILES string of the molecule is O=C(Oc1ccc(/C=N/NC(=O)c2cc3ccccc3cc2O)cc1)c1cccs1. The first-order valence-corrected chi connectivity index (χ1v) is 9.89. The first-order chi connectivity index (χ1) is 14.6. The number of fused-ring (bicyclic) bond motifs is 1. The van der Waals surface area contributed by atoms with Gasteiger partial charge in [0.2, 0.25) is 0 Å². The van der Waals surface area contributed by atoms with Crippen molar-refractivity contribution in [1.82, 2.24) is 5.43 Å². The Morgan fingerprint density at radius 2 is 1.70 bits per heavy atom. The van der Waals surface area contributed by atoms with Crippen molar-refractivity contribution in [1.29, 1.82) is 0 Å². The van der Waals surface area contributed by atoms with Crippen LogP contribution >= 0.6 is 11.3 Å². The second-order valence-corrected chi connectivity index (χ2v) is 7.30. The molecule has 0 aliphatic rings. The fourth-order valence-corrected chi connectivity index (χ4v) is 3.41. The zero-order valence-corrected chi connectivity index (χ0v) is 16.4. The molecular weight excluding hydrogens is 400 g/mol. The number of esters is 1. The zero-order valence-electron chi connectivity index (χ0n) is 15.6. The van der Waals surface area contributed by atoms with Gasteiger partial charge in [0.1, 0.15) is 16.4 Å². The Morgan fingerprint density at radius 1 is 0.967 bits per heavy atom. The molecule has 0 bridgehead atoms. The van der Waals surface area contributed by atoms with Crippen molar-refractivity contribution in [2.75, 3.05) is 0 Å². The number of carbonyl (C=O) groups excluding carboxylic acids is 2. The molecule has 148 valence electrons. The number of phenols is 1. The molecule has 0 saturated heterocycles. The van der Waals surface area contributed by atoms with Gasteiger partial charge < -0.3 is 9.84 Å². The number of ether oxygens (including phenoxy) is 1. The minimum Gasteiger partial charge on any atom is -0.507 e. The van der Waals surface area contributed by atoms with E-state index < -0.39 is 11.9 Å². The van der Waals surface area contributed by atoms with E-state index in [1.54, 1.807) is 48.5 Å². The van der Waals surface area contributed by atoms with Gasteiger partial charge >= 0.3 is 5.97 Å². The number of hydrogen-bond acceptors (Lipinski definition) is 6. The van der Waals surface area contributed by atoms with Crippen molar-refractivity contribution in [2.24, 2.45) is 5.10 Å². The van der Waals surface area contributed by atoms with Gasteiger partial charge in [0, 0.05) is 0 Å². The van der Waals surface area contributed by atoms with Crippen LogP contribution in [0, 0.1) is 0 Å². The van der Waals surface area contributed by atoms with Crippen molar-refractivity contribution in [3.63, 3.8) is 0 Å². The average molecular weight is 416 g/mol. The van der Waals surface area contributed by atoms with E-state index in [1.807, 2.05) is 29.6 Å². The van der Waals surface area contributed by atoms with Crippen LogP contribution in [0.5, 0.6) is 11.5 Å². The molecule has 3 aromatic carbocycles. The maximum Gasteiger partial charge on any atom is 0.353 e. The van der Waals surface area contributed by atoms with Gasteiger partial charge in [0.05, 0.1) is 11.8 Å². The summed E-state index contributed by atoms with van der Waals surface area (Å²) in [6, 6.07) is 20.8. The van der Waals surface area contributed by atoms with E-state index in [0.717, 1.165) is 10.8 Å². The molecule has 0 aliphatic heterocycles. The number of hydrazone groups is 1. The molecule has 0 aliphatic carbocycles. The summed E-state index contributed by atoms with van der Waals surface area (Å²) in [5, 5.41) is 17.5. The van der Waals surface area contributed by atoms with E-state index in [0.29, 0.717) is 16.2 Å². The first-order valence-electron chi connectivity index (χ1n) is 9.01. The number of amides is 1. The molecule has 1 amide bonds. The molecule has 4 rings (SSSR count). The number of carbonyl (C=O) groups is 2. The highest BCUT2D eigenvalue weighted by atomic mass is 32.1. The van der Waals surface area contributed by atoms with Crippen LogP contribution in [-0.2, 0) is 0 Å². The van der Waals surface area contributed by atoms with Gasteiger partial charge in [-0.05, 0) is 64.2 Å². The first kappa shape index (κ1) is 19.4. The second-order valence-electron chi connectivity index (χ2n) is 6.35. The normalized spacial score (nSPS) is 10.9. The molecule has 7 heteroatoms. The molecule has 0 unspecified atom stereocenters. The molecule has 1 aromatic heterocycles. The Labute approximate surface area is 176 Å². The number of rotatable bonds is 5. The third kappa shape index (κ3) is 4.37. The molecular formula is C23H16N2O4S. The highest BCUT2D eigenvalue weighted by molar-refractivity contribution is 7.12. The zero-order chi connectivity index (χ0) is 20.9. The van der Waals surface area contributed by atoms with Crippen molar-refractivity contribution >= 4 is 40.2 Å². The number of nitrogens with zero attached hydrogens (tertiary/aromatic N) is 1. The fraction of sp³-hybridized carbons (Fsp3) is 0. The molecule has 0 spiro atoms. The fourth-order valence-electron chi connectivity index (χ4n) is 2.81. The summed E-state index contributed by atoms with van der Waals surface area (Å²) in [5.74, 6) is -0.626. The molecule has 0 atom stereocenters. The van der Waals surface area contributed by atoms with Gasteiger partial charge in [-0.3, -0.25) is 4.79 Å². The van der Waals surface area contributed by atoms with Crippen LogP contribution in [0.1, 0.15) is 25.6 Å². The number of benzene rings is 3. The largest absolute Gasteiger partial charge is 0.507 e. The summed E-state index contributed by atoms with van der Waals surface area (Å²) in [5.41, 5.74) is 3.25. The van der Waals surface area contributed by atoms with E-state index in [4.69, 9.17) is 4.74 Å². The minimum atomic E-state index is -0.518. The van der Waals surface area contributed by atoms with Crippen LogP contribution in [0.3, 0.4) is 0 Å². The summed E-state index contributed by atoms with van der Waals surface area (Å²) < 4.78 is 5.29.